The molecule has 0 radical (unpaired) electrons. The van der Waals surface area contributed by atoms with Crippen LogP contribution < -0.4 is 20.7 Å². The topological polar surface area (TPSA) is 96.5 Å². The molecule has 2 aliphatic rings. The van der Waals surface area contributed by atoms with E-state index in [1.54, 1.807) is 0 Å². The second kappa shape index (κ2) is 8.73. The number of carbonyl (C=O) groups excluding carboxylic acids is 3. The van der Waals surface area contributed by atoms with Crippen molar-refractivity contribution in [2.75, 3.05) is 5.32 Å². The fourth-order valence-corrected chi connectivity index (χ4v) is 4.46. The van der Waals surface area contributed by atoms with Gasteiger partial charge in [0.05, 0.1) is 17.2 Å². The molecule has 0 bridgehead atoms. The molecule has 13 heteroatoms. The van der Waals surface area contributed by atoms with Crippen LogP contribution in [0.15, 0.2) is 42.5 Å². The predicted molar refractivity (Wildman–Crippen MR) is 119 cm³/mol. The van der Waals surface area contributed by atoms with E-state index in [0.717, 1.165) is 12.1 Å². The van der Waals surface area contributed by atoms with Gasteiger partial charge in [-0.05, 0) is 42.5 Å². The first-order chi connectivity index (χ1) is 17.4. The first-order valence-electron chi connectivity index (χ1n) is 10.5. The molecule has 1 atom stereocenters. The third kappa shape index (κ3) is 4.44. The molecular weight excluding hydrogens is 525 g/mol. The van der Waals surface area contributed by atoms with Crippen LogP contribution in [-0.2, 0) is 12.7 Å². The van der Waals surface area contributed by atoms with E-state index >= 15 is 0 Å². The van der Waals surface area contributed by atoms with Gasteiger partial charge < -0.3 is 20.7 Å². The fourth-order valence-electron chi connectivity index (χ4n) is 4.23. The Bertz CT molecular complexity index is 1510. The summed E-state index contributed by atoms with van der Waals surface area (Å²) in [7, 11) is 0. The summed E-state index contributed by atoms with van der Waals surface area (Å²) >= 11 is 6.24. The van der Waals surface area contributed by atoms with Crippen LogP contribution in [0.2, 0.25) is 5.02 Å². The number of rotatable bonds is 3. The van der Waals surface area contributed by atoms with Gasteiger partial charge in [0.15, 0.2) is 5.75 Å². The maximum absolute atomic E-state index is 14.1. The lowest BCUT2D eigenvalue weighted by molar-refractivity contribution is -0.137. The zero-order chi connectivity index (χ0) is 26.6. The summed E-state index contributed by atoms with van der Waals surface area (Å²) in [5, 5.41) is 7.47. The highest BCUT2D eigenvalue weighted by atomic mass is 35.5. The van der Waals surface area contributed by atoms with Crippen LogP contribution in [0.25, 0.3) is 0 Å². The van der Waals surface area contributed by atoms with Crippen LogP contribution in [0.5, 0.6) is 5.75 Å². The third-order valence-electron chi connectivity index (χ3n) is 5.81. The van der Waals surface area contributed by atoms with Gasteiger partial charge in [-0.15, -0.1) is 0 Å². The molecule has 2 aliphatic heterocycles. The van der Waals surface area contributed by atoms with Crippen LogP contribution >= 0.6 is 11.6 Å². The first kappa shape index (κ1) is 24.5. The zero-order valence-corrected chi connectivity index (χ0v) is 19.0. The van der Waals surface area contributed by atoms with Gasteiger partial charge in [0.1, 0.15) is 11.6 Å². The van der Waals surface area contributed by atoms with Crippen molar-refractivity contribution < 1.29 is 41.1 Å². The van der Waals surface area contributed by atoms with Crippen molar-refractivity contribution in [3.05, 3.63) is 92.5 Å². The van der Waals surface area contributed by atoms with Crippen molar-refractivity contribution >= 4 is 35.2 Å². The molecule has 0 aliphatic carbocycles. The predicted octanol–water partition coefficient (Wildman–Crippen LogP) is 5.32. The quantitative estimate of drug-likeness (QED) is 0.394. The molecule has 0 saturated heterocycles. The molecule has 0 aromatic heterocycles. The van der Waals surface area contributed by atoms with Crippen LogP contribution in [0.4, 0.5) is 32.4 Å². The third-order valence-corrected chi connectivity index (χ3v) is 6.15. The second-order valence-electron chi connectivity index (χ2n) is 8.20. The van der Waals surface area contributed by atoms with E-state index < -0.39 is 52.9 Å². The number of ether oxygens (including phenoxy) is 1. The Morgan fingerprint density at radius 1 is 1.05 bits per heavy atom. The monoisotopic (exact) mass is 537 g/mol. The maximum atomic E-state index is 14.1. The van der Waals surface area contributed by atoms with Gasteiger partial charge in [-0.3, -0.25) is 9.59 Å². The minimum absolute atomic E-state index is 0.0340. The molecule has 37 heavy (non-hydrogen) atoms. The Labute approximate surface area is 209 Å². The van der Waals surface area contributed by atoms with Gasteiger partial charge in [0.2, 0.25) is 0 Å². The SMILES string of the molecule is O=C1NCc2cc(NC(=O)c3cc(F)cc(C(F)(F)F)c3)c3c(c2O1)C(=O)NC3c1cc(F)ccc1Cl. The van der Waals surface area contributed by atoms with E-state index in [-0.39, 0.29) is 51.3 Å². The Kier molecular flexibility index (Phi) is 5.78. The van der Waals surface area contributed by atoms with E-state index in [1.165, 1.54) is 12.1 Å². The van der Waals surface area contributed by atoms with Crippen LogP contribution in [0.1, 0.15) is 49.0 Å². The number of alkyl halides is 3. The fraction of sp³-hybridized carbons (Fsp3) is 0.125. The van der Waals surface area contributed by atoms with Gasteiger partial charge in [-0.25, -0.2) is 13.6 Å². The summed E-state index contributed by atoms with van der Waals surface area (Å²) in [5.41, 5.74) is -1.82. The van der Waals surface area contributed by atoms with Crippen LogP contribution in [-0.4, -0.2) is 17.9 Å². The van der Waals surface area contributed by atoms with Crippen molar-refractivity contribution in [3.8, 4) is 5.75 Å². The molecule has 2 heterocycles. The highest BCUT2D eigenvalue weighted by Crippen LogP contribution is 2.45. The molecule has 0 spiro atoms. The molecule has 5 rings (SSSR count). The molecule has 3 N–H and O–H groups in total. The van der Waals surface area contributed by atoms with Gasteiger partial charge in [-0.2, -0.15) is 13.2 Å². The lowest BCUT2D eigenvalue weighted by Gasteiger charge is -2.23. The van der Waals surface area contributed by atoms with Crippen molar-refractivity contribution in [2.24, 2.45) is 0 Å². The Morgan fingerprint density at radius 3 is 2.54 bits per heavy atom. The normalized spacial score (nSPS) is 16.3. The lowest BCUT2D eigenvalue weighted by atomic mass is 9.93. The molecule has 1 unspecified atom stereocenters. The first-order valence-corrected chi connectivity index (χ1v) is 10.9. The summed E-state index contributed by atoms with van der Waals surface area (Å²) in [6, 6.07) is 4.97. The average molecular weight is 538 g/mol. The maximum Gasteiger partial charge on any atom is 0.416 e. The lowest BCUT2D eigenvalue weighted by Crippen LogP contribution is -2.32. The molecular formula is C24H13ClF5N3O4. The minimum Gasteiger partial charge on any atom is -0.409 e. The van der Waals surface area contributed by atoms with E-state index in [9.17, 15) is 36.3 Å². The van der Waals surface area contributed by atoms with Crippen molar-refractivity contribution in [2.45, 2.75) is 18.8 Å². The van der Waals surface area contributed by atoms with Gasteiger partial charge in [0, 0.05) is 39.5 Å². The number of nitrogens with one attached hydrogen (secondary N) is 3. The van der Waals surface area contributed by atoms with Crippen molar-refractivity contribution in [1.82, 2.24) is 10.6 Å². The standard InChI is InChI=1S/C24H13ClF5N3O4/c25-15-2-1-12(26)7-14(15)19-17-16(5-10-8-31-23(36)37-20(10)18(17)22(35)33-19)32-21(34)9-3-11(24(28,29)30)6-13(27)4-9/h1-7,19H,8H2,(H,31,36)(H,32,34)(H,33,35). The number of fused-ring (bicyclic) bond motifs is 3. The van der Waals surface area contributed by atoms with E-state index in [4.69, 9.17) is 16.3 Å². The minimum atomic E-state index is -4.91. The summed E-state index contributed by atoms with van der Waals surface area (Å²) in [4.78, 5) is 37.8. The highest BCUT2D eigenvalue weighted by Gasteiger charge is 2.40. The number of benzene rings is 3. The summed E-state index contributed by atoms with van der Waals surface area (Å²) in [5.74, 6) is -3.91. The molecule has 3 aromatic carbocycles. The Balaban J connectivity index is 1.65. The Morgan fingerprint density at radius 2 is 1.81 bits per heavy atom. The summed E-state index contributed by atoms with van der Waals surface area (Å²) in [6.07, 6.45) is -5.75. The van der Waals surface area contributed by atoms with E-state index in [0.29, 0.717) is 12.1 Å². The molecule has 3 amide bonds. The number of halogens is 6. The van der Waals surface area contributed by atoms with Crippen LogP contribution in [0.3, 0.4) is 0 Å². The zero-order valence-electron chi connectivity index (χ0n) is 18.2. The van der Waals surface area contributed by atoms with Crippen molar-refractivity contribution in [1.29, 1.82) is 0 Å². The Hall–Kier alpha value is -4.19. The number of hydrogen-bond acceptors (Lipinski definition) is 4. The van der Waals surface area contributed by atoms with Crippen LogP contribution in [0, 0.1) is 11.6 Å². The number of hydrogen-bond donors (Lipinski definition) is 3. The number of carbonyl (C=O) groups is 3. The largest absolute Gasteiger partial charge is 0.416 e. The molecule has 7 nitrogen and oxygen atoms in total. The van der Waals surface area contributed by atoms with E-state index in [1.807, 2.05) is 0 Å². The van der Waals surface area contributed by atoms with Gasteiger partial charge >= 0.3 is 12.3 Å². The summed E-state index contributed by atoms with van der Waals surface area (Å²) < 4.78 is 72.6. The van der Waals surface area contributed by atoms with Gasteiger partial charge in [0.25, 0.3) is 11.8 Å². The highest BCUT2D eigenvalue weighted by molar-refractivity contribution is 6.31. The molecule has 0 saturated carbocycles. The number of anilines is 1. The second-order valence-corrected chi connectivity index (χ2v) is 8.60. The smallest absolute Gasteiger partial charge is 0.409 e. The molecule has 190 valence electrons. The molecule has 3 aromatic rings. The number of amides is 3. The van der Waals surface area contributed by atoms with Crippen molar-refractivity contribution in [3.63, 3.8) is 0 Å². The van der Waals surface area contributed by atoms with E-state index in [2.05, 4.69) is 16.0 Å². The van der Waals surface area contributed by atoms with Gasteiger partial charge in [-0.1, -0.05) is 11.6 Å². The summed E-state index contributed by atoms with van der Waals surface area (Å²) in [6.45, 7) is -0.0961. The average Bonchev–Trinajstić information content (AvgIpc) is 3.17. The molecule has 0 fully saturated rings.